The van der Waals surface area contributed by atoms with Crippen molar-refractivity contribution >= 4 is 28.3 Å². The molecule has 0 spiro atoms. The SMILES string of the molecule is CCC(CO)Nc1ccc(NC(=O)Cc2c[nH]c3ccccc23)cn1. The Morgan fingerprint density at radius 1 is 1.28 bits per heavy atom. The summed E-state index contributed by atoms with van der Waals surface area (Å²) in [5.74, 6) is 0.588. The number of pyridine rings is 1. The van der Waals surface area contributed by atoms with Gasteiger partial charge >= 0.3 is 0 Å². The minimum atomic E-state index is -0.0888. The molecular weight excluding hydrogens is 316 g/mol. The van der Waals surface area contributed by atoms with E-state index in [-0.39, 0.29) is 18.6 Å². The molecule has 3 rings (SSSR count). The maximum absolute atomic E-state index is 12.3. The fraction of sp³-hybridized carbons (Fsp3) is 0.263. The monoisotopic (exact) mass is 338 g/mol. The van der Waals surface area contributed by atoms with E-state index in [1.165, 1.54) is 0 Å². The molecule has 0 radical (unpaired) electrons. The normalized spacial score (nSPS) is 12.1. The molecule has 0 aliphatic rings. The highest BCUT2D eigenvalue weighted by molar-refractivity contribution is 5.95. The molecule has 0 saturated heterocycles. The summed E-state index contributed by atoms with van der Waals surface area (Å²) in [7, 11) is 0. The molecule has 0 bridgehead atoms. The number of carbonyl (C=O) groups excluding carboxylic acids is 1. The van der Waals surface area contributed by atoms with Crippen molar-refractivity contribution in [1.82, 2.24) is 9.97 Å². The van der Waals surface area contributed by atoms with Gasteiger partial charge in [0.25, 0.3) is 0 Å². The lowest BCUT2D eigenvalue weighted by Crippen LogP contribution is -2.23. The zero-order chi connectivity index (χ0) is 17.6. The van der Waals surface area contributed by atoms with Crippen LogP contribution in [0.3, 0.4) is 0 Å². The summed E-state index contributed by atoms with van der Waals surface area (Å²) in [4.78, 5) is 19.7. The number of nitrogens with one attached hydrogen (secondary N) is 3. The third kappa shape index (κ3) is 4.16. The lowest BCUT2D eigenvalue weighted by atomic mass is 10.1. The number of rotatable bonds is 7. The van der Waals surface area contributed by atoms with E-state index >= 15 is 0 Å². The molecule has 1 atom stereocenters. The number of amides is 1. The van der Waals surface area contributed by atoms with Crippen molar-refractivity contribution in [3.63, 3.8) is 0 Å². The van der Waals surface area contributed by atoms with Gasteiger partial charge in [-0.3, -0.25) is 4.79 Å². The fourth-order valence-electron chi connectivity index (χ4n) is 2.70. The largest absolute Gasteiger partial charge is 0.394 e. The molecule has 2 aromatic heterocycles. The van der Waals surface area contributed by atoms with Crippen molar-refractivity contribution in [1.29, 1.82) is 0 Å². The Morgan fingerprint density at radius 3 is 2.84 bits per heavy atom. The van der Waals surface area contributed by atoms with E-state index in [1.54, 1.807) is 18.3 Å². The Hall–Kier alpha value is -2.86. The van der Waals surface area contributed by atoms with E-state index in [4.69, 9.17) is 0 Å². The van der Waals surface area contributed by atoms with Gasteiger partial charge in [-0.05, 0) is 30.2 Å². The highest BCUT2D eigenvalue weighted by Crippen LogP contribution is 2.19. The van der Waals surface area contributed by atoms with Crippen LogP contribution in [0.15, 0.2) is 48.8 Å². The van der Waals surface area contributed by atoms with Crippen molar-refractivity contribution in [2.75, 3.05) is 17.2 Å². The molecule has 25 heavy (non-hydrogen) atoms. The molecule has 6 heteroatoms. The highest BCUT2D eigenvalue weighted by Gasteiger charge is 2.10. The maximum Gasteiger partial charge on any atom is 0.228 e. The van der Waals surface area contributed by atoms with Gasteiger partial charge in [-0.2, -0.15) is 0 Å². The summed E-state index contributed by atoms with van der Waals surface area (Å²) in [6, 6.07) is 11.5. The van der Waals surface area contributed by atoms with E-state index < -0.39 is 0 Å². The van der Waals surface area contributed by atoms with E-state index in [9.17, 15) is 9.90 Å². The van der Waals surface area contributed by atoms with Gasteiger partial charge in [0, 0.05) is 17.1 Å². The predicted molar refractivity (Wildman–Crippen MR) is 99.7 cm³/mol. The Balaban J connectivity index is 1.61. The molecule has 2 heterocycles. The van der Waals surface area contributed by atoms with E-state index in [0.717, 1.165) is 22.9 Å². The number of nitrogens with zero attached hydrogens (tertiary/aromatic N) is 1. The van der Waals surface area contributed by atoms with Crippen molar-refractivity contribution in [2.24, 2.45) is 0 Å². The maximum atomic E-state index is 12.3. The van der Waals surface area contributed by atoms with Crippen LogP contribution in [-0.2, 0) is 11.2 Å². The van der Waals surface area contributed by atoms with Crippen LogP contribution in [0.1, 0.15) is 18.9 Å². The number of H-pyrrole nitrogens is 1. The minimum absolute atomic E-state index is 0.0187. The number of para-hydroxylation sites is 1. The fourth-order valence-corrected chi connectivity index (χ4v) is 2.70. The lowest BCUT2D eigenvalue weighted by Gasteiger charge is -2.14. The standard InChI is InChI=1S/C19H22N4O2/c1-2-14(12-24)22-18-8-7-15(11-21-18)23-19(25)9-13-10-20-17-6-4-3-5-16(13)17/h3-8,10-11,14,20,24H,2,9,12H2,1H3,(H,21,22)(H,23,25). The average Bonchev–Trinajstić information content (AvgIpc) is 3.04. The van der Waals surface area contributed by atoms with Gasteiger partial charge < -0.3 is 20.7 Å². The lowest BCUT2D eigenvalue weighted by molar-refractivity contribution is -0.115. The third-order valence-corrected chi connectivity index (χ3v) is 4.14. The van der Waals surface area contributed by atoms with Gasteiger partial charge in [-0.25, -0.2) is 4.98 Å². The molecule has 3 aromatic rings. The van der Waals surface area contributed by atoms with Crippen molar-refractivity contribution < 1.29 is 9.90 Å². The quantitative estimate of drug-likeness (QED) is 0.533. The number of aliphatic hydroxyl groups is 1. The van der Waals surface area contributed by atoms with Crippen LogP contribution in [0.4, 0.5) is 11.5 Å². The first-order chi connectivity index (χ1) is 12.2. The van der Waals surface area contributed by atoms with Gasteiger partial charge in [-0.1, -0.05) is 25.1 Å². The summed E-state index contributed by atoms with van der Waals surface area (Å²) in [5, 5.41) is 16.3. The highest BCUT2D eigenvalue weighted by atomic mass is 16.3. The van der Waals surface area contributed by atoms with Crippen LogP contribution >= 0.6 is 0 Å². The van der Waals surface area contributed by atoms with Crippen LogP contribution in [0.25, 0.3) is 10.9 Å². The summed E-state index contributed by atoms with van der Waals surface area (Å²) in [6.07, 6.45) is 4.59. The molecule has 0 aliphatic carbocycles. The first-order valence-electron chi connectivity index (χ1n) is 8.38. The number of aliphatic hydroxyl groups excluding tert-OH is 1. The number of aromatic nitrogens is 2. The summed E-state index contributed by atoms with van der Waals surface area (Å²) < 4.78 is 0. The van der Waals surface area contributed by atoms with Gasteiger partial charge in [-0.15, -0.1) is 0 Å². The number of benzene rings is 1. The summed E-state index contributed by atoms with van der Waals surface area (Å²) >= 11 is 0. The molecule has 6 nitrogen and oxygen atoms in total. The smallest absolute Gasteiger partial charge is 0.228 e. The number of carbonyl (C=O) groups is 1. The van der Waals surface area contributed by atoms with Crippen molar-refractivity contribution in [3.05, 3.63) is 54.4 Å². The van der Waals surface area contributed by atoms with Gasteiger partial charge in [0.15, 0.2) is 0 Å². The number of hydrogen-bond donors (Lipinski definition) is 4. The molecule has 0 aliphatic heterocycles. The molecule has 1 unspecified atom stereocenters. The van der Waals surface area contributed by atoms with Crippen LogP contribution in [0, 0.1) is 0 Å². The van der Waals surface area contributed by atoms with E-state index in [2.05, 4.69) is 20.6 Å². The second-order valence-electron chi connectivity index (χ2n) is 5.95. The zero-order valence-corrected chi connectivity index (χ0v) is 14.1. The average molecular weight is 338 g/mol. The van der Waals surface area contributed by atoms with Gasteiger partial charge in [0.05, 0.1) is 31.0 Å². The third-order valence-electron chi connectivity index (χ3n) is 4.14. The van der Waals surface area contributed by atoms with Gasteiger partial charge in [0.1, 0.15) is 5.82 Å². The Labute approximate surface area is 146 Å². The topological polar surface area (TPSA) is 90.0 Å². The summed E-state index contributed by atoms with van der Waals surface area (Å²) in [5.41, 5.74) is 2.64. The molecular formula is C19H22N4O2. The number of aromatic amines is 1. The molecule has 130 valence electrons. The second-order valence-corrected chi connectivity index (χ2v) is 5.95. The van der Waals surface area contributed by atoms with Crippen molar-refractivity contribution in [3.8, 4) is 0 Å². The second kappa shape index (κ2) is 7.81. The zero-order valence-electron chi connectivity index (χ0n) is 14.1. The van der Waals surface area contributed by atoms with Gasteiger partial charge in [0.2, 0.25) is 5.91 Å². The van der Waals surface area contributed by atoms with Crippen LogP contribution in [-0.4, -0.2) is 33.6 Å². The predicted octanol–water partition coefficient (Wildman–Crippen LogP) is 2.93. The molecule has 1 aromatic carbocycles. The summed E-state index contributed by atoms with van der Waals surface area (Å²) in [6.45, 7) is 2.05. The molecule has 1 amide bonds. The van der Waals surface area contributed by atoms with Crippen LogP contribution < -0.4 is 10.6 Å². The van der Waals surface area contributed by atoms with Crippen LogP contribution in [0.2, 0.25) is 0 Å². The molecule has 0 fully saturated rings. The minimum Gasteiger partial charge on any atom is -0.394 e. The Bertz CT molecular complexity index is 838. The Morgan fingerprint density at radius 2 is 2.12 bits per heavy atom. The molecule has 0 saturated carbocycles. The van der Waals surface area contributed by atoms with Crippen molar-refractivity contribution in [2.45, 2.75) is 25.8 Å². The first kappa shape index (κ1) is 17.0. The van der Waals surface area contributed by atoms with E-state index in [1.807, 2.05) is 37.4 Å². The Kier molecular flexibility index (Phi) is 5.30. The van der Waals surface area contributed by atoms with Crippen LogP contribution in [0.5, 0.6) is 0 Å². The number of fused-ring (bicyclic) bond motifs is 1. The first-order valence-corrected chi connectivity index (χ1v) is 8.38. The van der Waals surface area contributed by atoms with E-state index in [0.29, 0.717) is 17.9 Å². The molecule has 4 N–H and O–H groups in total. The number of anilines is 2. The number of hydrogen-bond acceptors (Lipinski definition) is 4.